The first-order valence-corrected chi connectivity index (χ1v) is 9.79. The molecule has 2 fully saturated rings. The van der Waals surface area contributed by atoms with E-state index in [2.05, 4.69) is 10.4 Å². The third kappa shape index (κ3) is 2.67. The van der Waals surface area contributed by atoms with Crippen LogP contribution in [-0.2, 0) is 7.05 Å². The third-order valence-electron chi connectivity index (χ3n) is 6.14. The second kappa shape index (κ2) is 6.34. The molecule has 2 amide bonds. The van der Waals surface area contributed by atoms with E-state index in [-0.39, 0.29) is 17.7 Å². The lowest BCUT2D eigenvalue weighted by Gasteiger charge is -2.54. The highest BCUT2D eigenvalue weighted by Gasteiger charge is 2.48. The van der Waals surface area contributed by atoms with E-state index in [1.54, 1.807) is 10.9 Å². The molecular formula is C20H24N6O2. The molecule has 3 aromatic heterocycles. The van der Waals surface area contributed by atoms with Crippen molar-refractivity contribution >= 4 is 17.5 Å². The second-order valence-corrected chi connectivity index (χ2v) is 7.95. The van der Waals surface area contributed by atoms with Crippen molar-refractivity contribution in [3.63, 3.8) is 0 Å². The molecule has 1 atom stereocenters. The molecule has 146 valence electrons. The monoisotopic (exact) mass is 380 g/mol. The molecule has 1 saturated carbocycles. The Labute approximate surface area is 162 Å². The van der Waals surface area contributed by atoms with E-state index < -0.39 is 0 Å². The van der Waals surface area contributed by atoms with Crippen LogP contribution in [0.15, 0.2) is 36.8 Å². The van der Waals surface area contributed by atoms with E-state index in [9.17, 15) is 9.90 Å². The summed E-state index contributed by atoms with van der Waals surface area (Å²) in [5.74, 6) is 0.647. The van der Waals surface area contributed by atoms with Crippen molar-refractivity contribution in [2.75, 3.05) is 11.9 Å². The van der Waals surface area contributed by atoms with Gasteiger partial charge in [-0.3, -0.25) is 14.4 Å². The predicted molar refractivity (Wildman–Crippen MR) is 105 cm³/mol. The maximum absolute atomic E-state index is 13.3. The predicted octanol–water partition coefficient (Wildman–Crippen LogP) is 2.65. The number of aliphatic hydroxyl groups is 1. The van der Waals surface area contributed by atoms with Crippen LogP contribution in [0.3, 0.4) is 0 Å². The fraction of sp³-hybridized carbons (Fsp3) is 0.450. The van der Waals surface area contributed by atoms with Crippen LogP contribution in [0.5, 0.6) is 0 Å². The Balaban J connectivity index is 1.51. The molecule has 1 unspecified atom stereocenters. The fourth-order valence-corrected chi connectivity index (χ4v) is 4.57. The van der Waals surface area contributed by atoms with Gasteiger partial charge in [-0.1, -0.05) is 6.07 Å². The van der Waals surface area contributed by atoms with Crippen molar-refractivity contribution in [2.45, 2.75) is 43.7 Å². The molecule has 5 rings (SSSR count). The maximum Gasteiger partial charge on any atom is 0.323 e. The lowest BCUT2D eigenvalue weighted by atomic mass is 9.69. The van der Waals surface area contributed by atoms with E-state index in [1.807, 2.05) is 46.9 Å². The normalized spacial score (nSPS) is 21.1. The third-order valence-corrected chi connectivity index (χ3v) is 6.14. The smallest absolute Gasteiger partial charge is 0.323 e. The molecule has 4 heterocycles. The van der Waals surface area contributed by atoms with Gasteiger partial charge in [-0.05, 0) is 44.2 Å². The molecule has 1 aliphatic heterocycles. The van der Waals surface area contributed by atoms with Gasteiger partial charge in [0.1, 0.15) is 17.2 Å². The molecule has 3 aromatic rings. The van der Waals surface area contributed by atoms with Gasteiger partial charge in [0.25, 0.3) is 0 Å². The van der Waals surface area contributed by atoms with Crippen molar-refractivity contribution in [3.05, 3.63) is 36.8 Å². The number of amides is 2. The van der Waals surface area contributed by atoms with Gasteiger partial charge >= 0.3 is 6.03 Å². The molecule has 1 spiro atoms. The Morgan fingerprint density at radius 2 is 2.21 bits per heavy atom. The van der Waals surface area contributed by atoms with Gasteiger partial charge in [-0.25, -0.2) is 9.78 Å². The van der Waals surface area contributed by atoms with E-state index >= 15 is 0 Å². The highest BCUT2D eigenvalue weighted by atomic mass is 16.3. The largest absolute Gasteiger partial charge is 0.393 e. The minimum absolute atomic E-state index is 0.123. The zero-order chi connectivity index (χ0) is 19.3. The van der Waals surface area contributed by atoms with Crippen LogP contribution in [0.2, 0.25) is 0 Å². The lowest BCUT2D eigenvalue weighted by Crippen LogP contribution is -2.62. The van der Waals surface area contributed by atoms with E-state index in [0.717, 1.165) is 30.5 Å². The standard InChI is InChI=1S/C20H24N6O2/c1-24-13-14(12-21-24)17-18(25-9-3-2-5-16(25)22-17)23-19(28)26-10-6-15(27)11-20(26)7-4-8-20/h2-3,5,9,12-13,15,27H,4,6-8,10-11H2,1H3,(H,23,28). The molecule has 2 N–H and O–H groups in total. The van der Waals surface area contributed by atoms with Crippen molar-refractivity contribution < 1.29 is 9.90 Å². The number of pyridine rings is 1. The number of rotatable bonds is 2. The lowest BCUT2D eigenvalue weighted by molar-refractivity contribution is -0.0368. The highest BCUT2D eigenvalue weighted by molar-refractivity contribution is 5.94. The number of nitrogens with one attached hydrogen (secondary N) is 1. The van der Waals surface area contributed by atoms with E-state index in [4.69, 9.17) is 4.98 Å². The van der Waals surface area contributed by atoms with Gasteiger partial charge in [0, 0.05) is 37.1 Å². The average Bonchev–Trinajstić information content (AvgIpc) is 3.24. The molecular weight excluding hydrogens is 356 g/mol. The van der Waals surface area contributed by atoms with Gasteiger partial charge in [-0.15, -0.1) is 0 Å². The van der Waals surface area contributed by atoms with Gasteiger partial charge in [0.2, 0.25) is 0 Å². The molecule has 1 saturated heterocycles. The van der Waals surface area contributed by atoms with Crippen LogP contribution < -0.4 is 5.32 Å². The molecule has 8 heteroatoms. The number of nitrogens with zero attached hydrogens (tertiary/aromatic N) is 5. The maximum atomic E-state index is 13.3. The van der Waals surface area contributed by atoms with Crippen molar-refractivity contribution in [3.8, 4) is 11.3 Å². The topological polar surface area (TPSA) is 87.7 Å². The number of likely N-dealkylation sites (tertiary alicyclic amines) is 1. The minimum Gasteiger partial charge on any atom is -0.393 e. The first-order chi connectivity index (χ1) is 13.6. The Kier molecular flexibility index (Phi) is 3.90. The first kappa shape index (κ1) is 17.2. The highest BCUT2D eigenvalue weighted by Crippen LogP contribution is 2.44. The molecule has 0 bridgehead atoms. The van der Waals surface area contributed by atoms with Crippen LogP contribution in [0.1, 0.15) is 32.1 Å². The Hall–Kier alpha value is -2.87. The number of imidazole rings is 1. The summed E-state index contributed by atoms with van der Waals surface area (Å²) >= 11 is 0. The molecule has 2 aliphatic rings. The Bertz CT molecular complexity index is 1030. The van der Waals surface area contributed by atoms with Crippen LogP contribution in [0, 0.1) is 0 Å². The van der Waals surface area contributed by atoms with Crippen molar-refractivity contribution in [2.24, 2.45) is 7.05 Å². The fourth-order valence-electron chi connectivity index (χ4n) is 4.57. The molecule has 1 aliphatic carbocycles. The van der Waals surface area contributed by atoms with Crippen molar-refractivity contribution in [1.29, 1.82) is 0 Å². The second-order valence-electron chi connectivity index (χ2n) is 7.95. The van der Waals surface area contributed by atoms with E-state index in [0.29, 0.717) is 30.9 Å². The number of fused-ring (bicyclic) bond motifs is 1. The average molecular weight is 380 g/mol. The number of aryl methyl sites for hydroxylation is 1. The molecule has 0 aromatic carbocycles. The van der Waals surface area contributed by atoms with Gasteiger partial charge in [0.05, 0.1) is 12.3 Å². The summed E-state index contributed by atoms with van der Waals surface area (Å²) in [6, 6.07) is 5.64. The van der Waals surface area contributed by atoms with Crippen molar-refractivity contribution in [1.82, 2.24) is 24.1 Å². The van der Waals surface area contributed by atoms with Gasteiger partial charge in [0.15, 0.2) is 0 Å². The number of carbonyl (C=O) groups excluding carboxylic acids is 1. The first-order valence-electron chi connectivity index (χ1n) is 9.79. The van der Waals surface area contributed by atoms with E-state index in [1.165, 1.54) is 0 Å². The number of hydrogen-bond donors (Lipinski definition) is 2. The zero-order valence-corrected chi connectivity index (χ0v) is 15.9. The Morgan fingerprint density at radius 3 is 2.93 bits per heavy atom. The summed E-state index contributed by atoms with van der Waals surface area (Å²) in [7, 11) is 1.86. The summed E-state index contributed by atoms with van der Waals surface area (Å²) in [5.41, 5.74) is 2.13. The SMILES string of the molecule is Cn1cc(-c2nc3ccccn3c2NC(=O)N2CCC(O)CC23CCC3)cn1. The van der Waals surface area contributed by atoms with Gasteiger partial charge < -0.3 is 10.0 Å². The van der Waals surface area contributed by atoms with Crippen LogP contribution in [-0.4, -0.2) is 53.4 Å². The summed E-state index contributed by atoms with van der Waals surface area (Å²) in [6.07, 6.45) is 9.54. The number of aromatic nitrogens is 4. The number of urea groups is 1. The summed E-state index contributed by atoms with van der Waals surface area (Å²) in [4.78, 5) is 19.9. The molecule has 8 nitrogen and oxygen atoms in total. The Morgan fingerprint density at radius 1 is 1.36 bits per heavy atom. The summed E-state index contributed by atoms with van der Waals surface area (Å²) in [6.45, 7) is 0.575. The van der Waals surface area contributed by atoms with Crippen LogP contribution in [0.25, 0.3) is 16.9 Å². The van der Waals surface area contributed by atoms with Gasteiger partial charge in [-0.2, -0.15) is 5.10 Å². The molecule has 28 heavy (non-hydrogen) atoms. The summed E-state index contributed by atoms with van der Waals surface area (Å²) < 4.78 is 3.62. The number of hydrogen-bond acceptors (Lipinski definition) is 4. The van der Waals surface area contributed by atoms with Crippen LogP contribution in [0.4, 0.5) is 10.6 Å². The number of anilines is 1. The number of carbonyl (C=O) groups is 1. The zero-order valence-electron chi connectivity index (χ0n) is 15.9. The van der Waals surface area contributed by atoms with Crippen LogP contribution >= 0.6 is 0 Å². The minimum atomic E-state index is -0.314. The number of piperidine rings is 1. The quantitative estimate of drug-likeness (QED) is 0.715. The number of aliphatic hydroxyl groups excluding tert-OH is 1. The molecule has 0 radical (unpaired) electrons. The summed E-state index contributed by atoms with van der Waals surface area (Å²) in [5, 5.41) is 17.5.